The number of carbonyl (C=O) groups is 1. The molecule has 0 aliphatic rings. The first-order valence-corrected chi connectivity index (χ1v) is 5.18. The van der Waals surface area contributed by atoms with E-state index in [-0.39, 0.29) is 0 Å². The van der Waals surface area contributed by atoms with E-state index in [1.165, 1.54) is 6.20 Å². The number of hydrogen-bond acceptors (Lipinski definition) is 3. The molecule has 0 bridgehead atoms. The number of aryl methyl sites for hydroxylation is 1. The SMILES string of the molecule is Cc1ccccc1-n1cncc1C(N)C(=O)O. The van der Waals surface area contributed by atoms with Crippen molar-refractivity contribution in [1.82, 2.24) is 9.55 Å². The minimum atomic E-state index is -1.07. The van der Waals surface area contributed by atoms with Crippen molar-refractivity contribution in [1.29, 1.82) is 0 Å². The van der Waals surface area contributed by atoms with Crippen LogP contribution in [0.1, 0.15) is 17.3 Å². The number of carboxylic acid groups (broad SMARTS) is 1. The third-order valence-electron chi connectivity index (χ3n) is 2.63. The van der Waals surface area contributed by atoms with Crippen molar-refractivity contribution in [3.63, 3.8) is 0 Å². The average molecular weight is 231 g/mol. The predicted octanol–water partition coefficient (Wildman–Crippen LogP) is 1.27. The number of rotatable bonds is 3. The molecule has 88 valence electrons. The topological polar surface area (TPSA) is 81.1 Å². The number of para-hydroxylation sites is 1. The molecule has 0 aliphatic carbocycles. The van der Waals surface area contributed by atoms with Crippen LogP contribution in [-0.4, -0.2) is 20.6 Å². The first-order chi connectivity index (χ1) is 8.11. The van der Waals surface area contributed by atoms with E-state index in [2.05, 4.69) is 4.98 Å². The molecule has 0 radical (unpaired) electrons. The summed E-state index contributed by atoms with van der Waals surface area (Å²) in [5.74, 6) is -1.07. The van der Waals surface area contributed by atoms with Gasteiger partial charge in [0.05, 0.1) is 18.2 Å². The van der Waals surface area contributed by atoms with Gasteiger partial charge in [-0.15, -0.1) is 0 Å². The second kappa shape index (κ2) is 4.39. The quantitative estimate of drug-likeness (QED) is 0.833. The van der Waals surface area contributed by atoms with Gasteiger partial charge in [-0.05, 0) is 18.6 Å². The molecule has 0 fully saturated rings. The van der Waals surface area contributed by atoms with Crippen molar-refractivity contribution in [2.75, 3.05) is 0 Å². The summed E-state index contributed by atoms with van der Waals surface area (Å²) in [5, 5.41) is 8.93. The summed E-state index contributed by atoms with van der Waals surface area (Å²) < 4.78 is 1.70. The molecule has 17 heavy (non-hydrogen) atoms. The first kappa shape index (κ1) is 11.3. The molecule has 1 atom stereocenters. The van der Waals surface area contributed by atoms with Gasteiger partial charge in [-0.25, -0.2) is 4.98 Å². The molecular weight excluding hydrogens is 218 g/mol. The molecule has 0 amide bonds. The van der Waals surface area contributed by atoms with Gasteiger partial charge in [-0.2, -0.15) is 0 Å². The fourth-order valence-electron chi connectivity index (χ4n) is 1.70. The van der Waals surface area contributed by atoms with E-state index >= 15 is 0 Å². The molecule has 1 heterocycles. The van der Waals surface area contributed by atoms with E-state index in [0.29, 0.717) is 5.69 Å². The van der Waals surface area contributed by atoms with Gasteiger partial charge in [-0.1, -0.05) is 18.2 Å². The molecule has 0 saturated carbocycles. The highest BCUT2D eigenvalue weighted by Crippen LogP contribution is 2.19. The summed E-state index contributed by atoms with van der Waals surface area (Å²) in [6, 6.07) is 6.59. The van der Waals surface area contributed by atoms with Crippen LogP contribution in [0, 0.1) is 6.92 Å². The highest BCUT2D eigenvalue weighted by Gasteiger charge is 2.19. The lowest BCUT2D eigenvalue weighted by atomic mass is 10.1. The number of nitrogens with two attached hydrogens (primary N) is 1. The molecule has 2 rings (SSSR count). The summed E-state index contributed by atoms with van der Waals surface area (Å²) in [6.07, 6.45) is 3.05. The Hall–Kier alpha value is -2.14. The number of benzene rings is 1. The molecule has 3 N–H and O–H groups in total. The van der Waals surface area contributed by atoms with E-state index in [1.807, 2.05) is 31.2 Å². The maximum atomic E-state index is 10.9. The Morgan fingerprint density at radius 1 is 1.47 bits per heavy atom. The van der Waals surface area contributed by atoms with Crippen LogP contribution in [0.25, 0.3) is 5.69 Å². The van der Waals surface area contributed by atoms with Crippen molar-refractivity contribution < 1.29 is 9.90 Å². The number of nitrogens with zero attached hydrogens (tertiary/aromatic N) is 2. The second-order valence-electron chi connectivity index (χ2n) is 3.79. The van der Waals surface area contributed by atoms with Crippen LogP contribution < -0.4 is 5.73 Å². The molecule has 5 heteroatoms. The Morgan fingerprint density at radius 3 is 2.82 bits per heavy atom. The van der Waals surface area contributed by atoms with E-state index in [4.69, 9.17) is 10.8 Å². The third kappa shape index (κ3) is 2.05. The highest BCUT2D eigenvalue weighted by molar-refractivity contribution is 5.74. The average Bonchev–Trinajstić information content (AvgIpc) is 2.77. The first-order valence-electron chi connectivity index (χ1n) is 5.18. The lowest BCUT2D eigenvalue weighted by Gasteiger charge is -2.13. The molecule has 1 aromatic carbocycles. The lowest BCUT2D eigenvalue weighted by Crippen LogP contribution is -2.23. The number of imidazole rings is 1. The maximum absolute atomic E-state index is 10.9. The standard InChI is InChI=1S/C12H13N3O2/c1-8-4-2-3-5-9(8)15-7-14-6-10(15)11(13)12(16)17/h2-7,11H,13H2,1H3,(H,16,17). The molecular formula is C12H13N3O2. The van der Waals surface area contributed by atoms with Gasteiger partial charge in [0, 0.05) is 5.69 Å². The normalized spacial score (nSPS) is 12.4. The molecule has 0 aliphatic heterocycles. The van der Waals surface area contributed by atoms with Crippen LogP contribution in [0.15, 0.2) is 36.8 Å². The van der Waals surface area contributed by atoms with Gasteiger partial charge in [0.2, 0.25) is 0 Å². The fraction of sp³-hybridized carbons (Fsp3) is 0.167. The molecule has 1 aromatic heterocycles. The zero-order chi connectivity index (χ0) is 12.4. The maximum Gasteiger partial charge on any atom is 0.326 e. The molecule has 1 unspecified atom stereocenters. The van der Waals surface area contributed by atoms with Crippen LogP contribution in [0.2, 0.25) is 0 Å². The number of aromatic nitrogens is 2. The molecule has 2 aromatic rings. The van der Waals surface area contributed by atoms with Crippen molar-refractivity contribution in [2.24, 2.45) is 5.73 Å². The Morgan fingerprint density at radius 2 is 2.18 bits per heavy atom. The highest BCUT2D eigenvalue weighted by atomic mass is 16.4. The van der Waals surface area contributed by atoms with Crippen molar-refractivity contribution in [3.8, 4) is 5.69 Å². The predicted molar refractivity (Wildman–Crippen MR) is 62.9 cm³/mol. The minimum absolute atomic E-state index is 0.465. The van der Waals surface area contributed by atoms with Gasteiger partial charge in [0.1, 0.15) is 6.04 Å². The van der Waals surface area contributed by atoms with Crippen molar-refractivity contribution in [3.05, 3.63) is 48.0 Å². The van der Waals surface area contributed by atoms with Crippen LogP contribution in [0.4, 0.5) is 0 Å². The van der Waals surface area contributed by atoms with Crippen LogP contribution in [-0.2, 0) is 4.79 Å². The van der Waals surface area contributed by atoms with Gasteiger partial charge in [-0.3, -0.25) is 4.79 Å². The minimum Gasteiger partial charge on any atom is -0.480 e. The Balaban J connectivity index is 2.51. The van der Waals surface area contributed by atoms with Crippen LogP contribution >= 0.6 is 0 Å². The Kier molecular flexibility index (Phi) is 2.93. The zero-order valence-corrected chi connectivity index (χ0v) is 9.37. The van der Waals surface area contributed by atoms with E-state index in [9.17, 15) is 4.79 Å². The number of aliphatic carboxylic acids is 1. The number of hydrogen-bond donors (Lipinski definition) is 2. The summed E-state index contributed by atoms with van der Waals surface area (Å²) in [4.78, 5) is 14.9. The zero-order valence-electron chi connectivity index (χ0n) is 9.37. The summed E-state index contributed by atoms with van der Waals surface area (Å²) in [6.45, 7) is 1.95. The van der Waals surface area contributed by atoms with Gasteiger partial charge < -0.3 is 15.4 Å². The molecule has 5 nitrogen and oxygen atoms in total. The third-order valence-corrected chi connectivity index (χ3v) is 2.63. The van der Waals surface area contributed by atoms with E-state index in [0.717, 1.165) is 11.3 Å². The van der Waals surface area contributed by atoms with Crippen LogP contribution in [0.5, 0.6) is 0 Å². The van der Waals surface area contributed by atoms with Crippen molar-refractivity contribution in [2.45, 2.75) is 13.0 Å². The van der Waals surface area contributed by atoms with Gasteiger partial charge >= 0.3 is 5.97 Å². The summed E-state index contributed by atoms with van der Waals surface area (Å²) in [5.41, 5.74) is 7.99. The van der Waals surface area contributed by atoms with E-state index in [1.54, 1.807) is 10.9 Å². The lowest BCUT2D eigenvalue weighted by molar-refractivity contribution is -0.138. The Labute approximate surface area is 98.5 Å². The second-order valence-corrected chi connectivity index (χ2v) is 3.79. The fourth-order valence-corrected chi connectivity index (χ4v) is 1.70. The Bertz CT molecular complexity index is 548. The molecule has 0 saturated heterocycles. The monoisotopic (exact) mass is 231 g/mol. The van der Waals surface area contributed by atoms with E-state index < -0.39 is 12.0 Å². The van der Waals surface area contributed by atoms with Gasteiger partial charge in [0.25, 0.3) is 0 Å². The smallest absolute Gasteiger partial charge is 0.326 e. The van der Waals surface area contributed by atoms with Crippen molar-refractivity contribution >= 4 is 5.97 Å². The summed E-state index contributed by atoms with van der Waals surface area (Å²) >= 11 is 0. The largest absolute Gasteiger partial charge is 0.480 e. The van der Waals surface area contributed by atoms with Gasteiger partial charge in [0.15, 0.2) is 0 Å². The van der Waals surface area contributed by atoms with Crippen LogP contribution in [0.3, 0.4) is 0 Å². The summed E-state index contributed by atoms with van der Waals surface area (Å²) in [7, 11) is 0. The molecule has 0 spiro atoms. The number of carboxylic acids is 1.